The molecule has 3 atom stereocenters. The maximum atomic E-state index is 13.5. The van der Waals surface area contributed by atoms with Gasteiger partial charge in [0.15, 0.2) is 0 Å². The van der Waals surface area contributed by atoms with Gasteiger partial charge in [-0.05, 0) is 48.1 Å². The molecule has 4 rings (SSSR count). The fraction of sp³-hybridized carbons (Fsp3) is 0.409. The summed E-state index contributed by atoms with van der Waals surface area (Å²) in [6, 6.07) is 14.4. The van der Waals surface area contributed by atoms with Crippen LogP contribution in [0.3, 0.4) is 0 Å². The highest BCUT2D eigenvalue weighted by molar-refractivity contribution is 5.82. The van der Waals surface area contributed by atoms with Crippen LogP contribution in [-0.4, -0.2) is 43.3 Å². The molecule has 0 bridgehead atoms. The van der Waals surface area contributed by atoms with Crippen LogP contribution in [0.2, 0.25) is 0 Å². The first-order valence-corrected chi connectivity index (χ1v) is 9.45. The SMILES string of the molecule is COC1CC[C@@H](C(=O)N2CCc3ccccc3[C@@H]2c2ccc(F)cc2)OC1. The number of ether oxygens (including phenoxy) is 2. The third-order valence-electron chi connectivity index (χ3n) is 5.60. The van der Waals surface area contributed by atoms with Crippen LogP contribution in [-0.2, 0) is 20.7 Å². The van der Waals surface area contributed by atoms with Crippen LogP contribution >= 0.6 is 0 Å². The molecular weight excluding hydrogens is 345 g/mol. The Balaban J connectivity index is 1.64. The highest BCUT2D eigenvalue weighted by Crippen LogP contribution is 2.36. The molecule has 1 unspecified atom stereocenters. The number of hydrogen-bond donors (Lipinski definition) is 0. The summed E-state index contributed by atoms with van der Waals surface area (Å²) in [5.41, 5.74) is 3.26. The van der Waals surface area contributed by atoms with Crippen LogP contribution in [0.25, 0.3) is 0 Å². The minimum atomic E-state index is -0.440. The van der Waals surface area contributed by atoms with Gasteiger partial charge >= 0.3 is 0 Å². The maximum absolute atomic E-state index is 13.5. The number of nitrogens with zero attached hydrogens (tertiary/aromatic N) is 1. The summed E-state index contributed by atoms with van der Waals surface area (Å²) < 4.78 is 24.6. The first kappa shape index (κ1) is 18.1. The Labute approximate surface area is 158 Å². The van der Waals surface area contributed by atoms with Gasteiger partial charge in [-0.2, -0.15) is 0 Å². The molecule has 27 heavy (non-hydrogen) atoms. The Bertz CT molecular complexity index is 799. The van der Waals surface area contributed by atoms with Crippen molar-refractivity contribution in [3.8, 4) is 0 Å². The van der Waals surface area contributed by atoms with Crippen molar-refractivity contribution in [3.63, 3.8) is 0 Å². The lowest BCUT2D eigenvalue weighted by Gasteiger charge is -2.40. The van der Waals surface area contributed by atoms with E-state index in [-0.39, 0.29) is 23.9 Å². The second-order valence-electron chi connectivity index (χ2n) is 7.19. The summed E-state index contributed by atoms with van der Waals surface area (Å²) in [5.74, 6) is -0.268. The molecule has 0 spiro atoms. The van der Waals surface area contributed by atoms with Gasteiger partial charge in [0, 0.05) is 13.7 Å². The van der Waals surface area contributed by atoms with Gasteiger partial charge in [0.05, 0.1) is 18.8 Å². The molecule has 1 fully saturated rings. The second kappa shape index (κ2) is 7.79. The zero-order valence-electron chi connectivity index (χ0n) is 15.4. The number of amides is 1. The number of carbonyl (C=O) groups is 1. The van der Waals surface area contributed by atoms with Crippen molar-refractivity contribution in [1.29, 1.82) is 0 Å². The molecule has 142 valence electrons. The van der Waals surface area contributed by atoms with E-state index < -0.39 is 6.10 Å². The molecule has 0 aliphatic carbocycles. The molecular formula is C22H24FNO3. The fourth-order valence-corrected chi connectivity index (χ4v) is 4.10. The zero-order valence-corrected chi connectivity index (χ0v) is 15.4. The van der Waals surface area contributed by atoms with Gasteiger partial charge < -0.3 is 14.4 Å². The topological polar surface area (TPSA) is 38.8 Å². The highest BCUT2D eigenvalue weighted by Gasteiger charge is 2.37. The van der Waals surface area contributed by atoms with E-state index in [1.807, 2.05) is 17.0 Å². The molecule has 1 amide bonds. The van der Waals surface area contributed by atoms with Crippen molar-refractivity contribution in [2.45, 2.75) is 37.5 Å². The second-order valence-corrected chi connectivity index (χ2v) is 7.19. The molecule has 2 aromatic rings. The minimum Gasteiger partial charge on any atom is -0.379 e. The van der Waals surface area contributed by atoms with E-state index in [4.69, 9.17) is 9.47 Å². The predicted octanol–water partition coefficient (Wildman–Crippen LogP) is 3.49. The largest absolute Gasteiger partial charge is 0.379 e. The van der Waals surface area contributed by atoms with Crippen molar-refractivity contribution in [3.05, 3.63) is 71.0 Å². The Morgan fingerprint density at radius 3 is 2.63 bits per heavy atom. The van der Waals surface area contributed by atoms with Gasteiger partial charge in [-0.1, -0.05) is 36.4 Å². The van der Waals surface area contributed by atoms with E-state index in [0.29, 0.717) is 19.6 Å². The first-order valence-electron chi connectivity index (χ1n) is 9.45. The van der Waals surface area contributed by atoms with Crippen LogP contribution < -0.4 is 0 Å². The van der Waals surface area contributed by atoms with Crippen LogP contribution in [0.1, 0.15) is 35.6 Å². The number of hydrogen-bond acceptors (Lipinski definition) is 3. The Morgan fingerprint density at radius 2 is 1.93 bits per heavy atom. The number of halogens is 1. The molecule has 0 aromatic heterocycles. The third-order valence-corrected chi connectivity index (χ3v) is 5.60. The van der Waals surface area contributed by atoms with E-state index in [1.54, 1.807) is 19.2 Å². The summed E-state index contributed by atoms with van der Waals surface area (Å²) >= 11 is 0. The smallest absolute Gasteiger partial charge is 0.252 e. The van der Waals surface area contributed by atoms with Crippen molar-refractivity contribution in [2.75, 3.05) is 20.3 Å². The molecule has 0 radical (unpaired) electrons. The average Bonchev–Trinajstić information content (AvgIpc) is 2.73. The number of carbonyl (C=O) groups excluding carboxylic acids is 1. The summed E-state index contributed by atoms with van der Waals surface area (Å²) in [6.07, 6.45) is 1.91. The normalized spacial score (nSPS) is 25.1. The molecule has 0 N–H and O–H groups in total. The highest BCUT2D eigenvalue weighted by atomic mass is 19.1. The molecule has 2 aliphatic rings. The standard InChI is InChI=1S/C22H24FNO3/c1-26-18-10-11-20(27-14-18)22(25)24-13-12-15-4-2-3-5-19(15)21(24)16-6-8-17(23)9-7-16/h2-9,18,20-21H,10-14H2,1H3/t18?,20-,21-/m0/s1. The minimum absolute atomic E-state index is 0.00776. The summed E-state index contributed by atoms with van der Waals surface area (Å²) in [7, 11) is 1.67. The number of rotatable bonds is 3. The fourth-order valence-electron chi connectivity index (χ4n) is 4.10. The van der Waals surface area contributed by atoms with Gasteiger partial charge in [0.1, 0.15) is 11.9 Å². The maximum Gasteiger partial charge on any atom is 0.252 e. The third kappa shape index (κ3) is 3.62. The van der Waals surface area contributed by atoms with Gasteiger partial charge in [-0.3, -0.25) is 4.79 Å². The van der Waals surface area contributed by atoms with Gasteiger partial charge in [0.25, 0.3) is 5.91 Å². The van der Waals surface area contributed by atoms with Crippen LogP contribution in [0.15, 0.2) is 48.5 Å². The monoisotopic (exact) mass is 369 g/mol. The van der Waals surface area contributed by atoms with Gasteiger partial charge in [-0.25, -0.2) is 4.39 Å². The van der Waals surface area contributed by atoms with Gasteiger partial charge in [-0.15, -0.1) is 0 Å². The van der Waals surface area contributed by atoms with Crippen molar-refractivity contribution in [1.82, 2.24) is 4.90 Å². The van der Waals surface area contributed by atoms with Crippen molar-refractivity contribution in [2.24, 2.45) is 0 Å². The molecule has 2 aliphatic heterocycles. The Hall–Kier alpha value is -2.24. The number of benzene rings is 2. The Kier molecular flexibility index (Phi) is 5.23. The van der Waals surface area contributed by atoms with Gasteiger partial charge in [0.2, 0.25) is 0 Å². The quantitative estimate of drug-likeness (QED) is 0.831. The van der Waals surface area contributed by atoms with E-state index in [2.05, 4.69) is 12.1 Å². The van der Waals surface area contributed by atoms with E-state index in [9.17, 15) is 9.18 Å². The lowest BCUT2D eigenvalue weighted by molar-refractivity contribution is -0.154. The molecule has 1 saturated heterocycles. The number of methoxy groups -OCH3 is 1. The van der Waals surface area contributed by atoms with E-state index >= 15 is 0 Å². The molecule has 0 saturated carbocycles. The molecule has 5 heteroatoms. The summed E-state index contributed by atoms with van der Waals surface area (Å²) in [5, 5.41) is 0. The molecule has 4 nitrogen and oxygen atoms in total. The number of fused-ring (bicyclic) bond motifs is 1. The van der Waals surface area contributed by atoms with E-state index in [1.165, 1.54) is 17.7 Å². The summed E-state index contributed by atoms with van der Waals surface area (Å²) in [4.78, 5) is 15.2. The van der Waals surface area contributed by atoms with Crippen LogP contribution in [0, 0.1) is 5.82 Å². The lowest BCUT2D eigenvalue weighted by atomic mass is 9.87. The summed E-state index contributed by atoms with van der Waals surface area (Å²) in [6.45, 7) is 1.07. The zero-order chi connectivity index (χ0) is 18.8. The van der Waals surface area contributed by atoms with E-state index in [0.717, 1.165) is 24.0 Å². The van der Waals surface area contributed by atoms with Crippen LogP contribution in [0.4, 0.5) is 4.39 Å². The predicted molar refractivity (Wildman–Crippen MR) is 99.9 cm³/mol. The Morgan fingerprint density at radius 1 is 1.15 bits per heavy atom. The molecule has 2 heterocycles. The van der Waals surface area contributed by atoms with Crippen LogP contribution in [0.5, 0.6) is 0 Å². The average molecular weight is 369 g/mol. The van der Waals surface area contributed by atoms with Crippen molar-refractivity contribution >= 4 is 5.91 Å². The lowest BCUT2D eigenvalue weighted by Crippen LogP contribution is -2.48. The van der Waals surface area contributed by atoms with Crippen molar-refractivity contribution < 1.29 is 18.7 Å². The molecule has 2 aromatic carbocycles. The first-order chi connectivity index (χ1) is 13.2.